The van der Waals surface area contributed by atoms with Crippen LogP contribution in [0, 0.1) is 0 Å². The minimum absolute atomic E-state index is 0.0594. The van der Waals surface area contributed by atoms with Crippen LogP contribution in [0.2, 0.25) is 0 Å². The van der Waals surface area contributed by atoms with E-state index >= 15 is 0 Å². The van der Waals surface area contributed by atoms with Crippen LogP contribution in [0.4, 0.5) is 0 Å². The molecule has 0 radical (unpaired) electrons. The first-order valence-corrected chi connectivity index (χ1v) is 10.9. The van der Waals surface area contributed by atoms with Crippen molar-refractivity contribution in [1.82, 2.24) is 14.9 Å². The highest BCUT2D eigenvalue weighted by Crippen LogP contribution is 2.18. The summed E-state index contributed by atoms with van der Waals surface area (Å²) in [6.07, 6.45) is 1.55. The maximum Gasteiger partial charge on any atom is 0.313 e. The molecule has 1 N–H and O–H groups in total. The number of rotatable bonds is 9. The Morgan fingerprint density at radius 3 is 2.70 bits per heavy atom. The first kappa shape index (κ1) is 22.7. The van der Waals surface area contributed by atoms with Crippen LogP contribution >= 0.6 is 0 Å². The number of nitrogens with one attached hydrogen (secondary N) is 1. The Balaban J connectivity index is 1.26. The molecular weight excluding hydrogens is 422 g/mol. The lowest BCUT2D eigenvalue weighted by Gasteiger charge is -2.32. The highest BCUT2D eigenvalue weighted by molar-refractivity contribution is 6.05. The van der Waals surface area contributed by atoms with Crippen LogP contribution in [0.25, 0.3) is 11.4 Å². The van der Waals surface area contributed by atoms with Crippen LogP contribution in [0.3, 0.4) is 0 Å². The Kier molecular flexibility index (Phi) is 7.49. The number of hydrogen-bond donors (Lipinski definition) is 1. The molecule has 1 saturated heterocycles. The molecule has 1 fully saturated rings. The van der Waals surface area contributed by atoms with Gasteiger partial charge in [0.1, 0.15) is 30.7 Å². The van der Waals surface area contributed by atoms with Gasteiger partial charge in [-0.3, -0.25) is 14.5 Å². The van der Waals surface area contributed by atoms with E-state index in [1.807, 2.05) is 36.5 Å². The summed E-state index contributed by atoms with van der Waals surface area (Å²) in [4.78, 5) is 33.5. The number of ketones is 1. The van der Waals surface area contributed by atoms with Crippen molar-refractivity contribution in [3.05, 3.63) is 72.1 Å². The third kappa shape index (κ3) is 6.27. The number of aromatic amines is 1. The summed E-state index contributed by atoms with van der Waals surface area (Å²) >= 11 is 0. The molecule has 0 amide bonds. The lowest BCUT2D eigenvalue weighted by molar-refractivity contribution is -0.139. The van der Waals surface area contributed by atoms with E-state index in [-0.39, 0.29) is 18.3 Å². The molecule has 1 unspecified atom stereocenters. The molecule has 8 heteroatoms. The van der Waals surface area contributed by atoms with Crippen molar-refractivity contribution in [1.29, 1.82) is 0 Å². The average molecular weight is 450 g/mol. The second kappa shape index (κ2) is 10.9. The predicted molar refractivity (Wildman–Crippen MR) is 122 cm³/mol. The van der Waals surface area contributed by atoms with Crippen molar-refractivity contribution < 1.29 is 23.8 Å². The van der Waals surface area contributed by atoms with Crippen LogP contribution in [0.5, 0.6) is 5.75 Å². The number of ether oxygens (including phenoxy) is 3. The summed E-state index contributed by atoms with van der Waals surface area (Å²) in [5.41, 5.74) is 2.57. The molecule has 1 aliphatic rings. The Bertz CT molecular complexity index is 1070. The fourth-order valence-corrected chi connectivity index (χ4v) is 3.68. The zero-order valence-electron chi connectivity index (χ0n) is 18.5. The number of morpholine rings is 1. The summed E-state index contributed by atoms with van der Waals surface area (Å²) in [6.45, 7) is 3.39. The minimum atomic E-state index is -0.550. The topological polar surface area (TPSA) is 93.8 Å². The molecule has 1 aromatic heterocycles. The van der Waals surface area contributed by atoms with E-state index in [9.17, 15) is 9.59 Å². The van der Waals surface area contributed by atoms with E-state index < -0.39 is 5.97 Å². The van der Waals surface area contributed by atoms with Gasteiger partial charge >= 0.3 is 5.97 Å². The quantitative estimate of drug-likeness (QED) is 0.305. The fraction of sp³-hybridized carbons (Fsp3) is 0.320. The number of carbonyl (C=O) groups excluding carboxylic acids is 2. The molecule has 0 saturated carbocycles. The monoisotopic (exact) mass is 449 g/mol. The van der Waals surface area contributed by atoms with Gasteiger partial charge in [-0.25, -0.2) is 4.98 Å². The van der Waals surface area contributed by atoms with Crippen molar-refractivity contribution in [3.63, 3.8) is 0 Å². The van der Waals surface area contributed by atoms with Crippen LogP contribution in [0.1, 0.15) is 22.5 Å². The summed E-state index contributed by atoms with van der Waals surface area (Å²) in [5.74, 6) is 0.679. The maximum atomic E-state index is 12.0. The van der Waals surface area contributed by atoms with E-state index in [4.69, 9.17) is 9.47 Å². The molecule has 2 aromatic carbocycles. The zero-order chi connectivity index (χ0) is 23.0. The van der Waals surface area contributed by atoms with Crippen molar-refractivity contribution in [2.45, 2.75) is 19.1 Å². The van der Waals surface area contributed by atoms with Gasteiger partial charge in [-0.05, 0) is 24.3 Å². The summed E-state index contributed by atoms with van der Waals surface area (Å²) in [7, 11) is 1.26. The number of benzene rings is 2. The molecule has 8 nitrogen and oxygen atoms in total. The molecule has 33 heavy (non-hydrogen) atoms. The number of methoxy groups -OCH3 is 1. The average Bonchev–Trinajstić information content (AvgIpc) is 3.32. The number of imidazole rings is 1. The molecule has 4 rings (SSSR count). The summed E-state index contributed by atoms with van der Waals surface area (Å²) < 4.78 is 16.3. The smallest absolute Gasteiger partial charge is 0.313 e. The number of hydrogen-bond acceptors (Lipinski definition) is 7. The fourth-order valence-electron chi connectivity index (χ4n) is 3.68. The molecule has 0 aliphatic carbocycles. The third-order valence-electron chi connectivity index (χ3n) is 5.44. The van der Waals surface area contributed by atoms with Gasteiger partial charge in [-0.15, -0.1) is 0 Å². The second-order valence-corrected chi connectivity index (χ2v) is 7.86. The van der Waals surface area contributed by atoms with Gasteiger partial charge in [0.05, 0.1) is 13.7 Å². The van der Waals surface area contributed by atoms with Gasteiger partial charge in [-0.1, -0.05) is 30.3 Å². The van der Waals surface area contributed by atoms with Gasteiger partial charge in [-0.2, -0.15) is 0 Å². The van der Waals surface area contributed by atoms with Gasteiger partial charge in [0, 0.05) is 42.7 Å². The van der Waals surface area contributed by atoms with Gasteiger partial charge < -0.3 is 19.2 Å². The molecule has 1 atom stereocenters. The Morgan fingerprint density at radius 2 is 1.94 bits per heavy atom. The van der Waals surface area contributed by atoms with Gasteiger partial charge in [0.15, 0.2) is 5.78 Å². The highest BCUT2D eigenvalue weighted by atomic mass is 16.5. The highest BCUT2D eigenvalue weighted by Gasteiger charge is 2.22. The largest absolute Gasteiger partial charge is 0.491 e. The SMILES string of the molecule is COC(=O)CC(=O)c1ccc(OCC2CN(Cc3cnc(-c4ccccc4)[nH]3)CCO2)cc1. The second-order valence-electron chi connectivity index (χ2n) is 7.86. The number of esters is 1. The van der Waals surface area contributed by atoms with E-state index in [1.54, 1.807) is 24.3 Å². The maximum absolute atomic E-state index is 12.0. The first-order chi connectivity index (χ1) is 16.1. The van der Waals surface area contributed by atoms with Crippen molar-refractivity contribution in [3.8, 4) is 17.1 Å². The van der Waals surface area contributed by atoms with Crippen LogP contribution < -0.4 is 4.74 Å². The molecule has 0 spiro atoms. The third-order valence-corrected chi connectivity index (χ3v) is 5.44. The number of nitrogens with zero attached hydrogens (tertiary/aromatic N) is 2. The van der Waals surface area contributed by atoms with E-state index in [0.717, 1.165) is 36.7 Å². The summed E-state index contributed by atoms with van der Waals surface area (Å²) in [5, 5.41) is 0. The van der Waals surface area contributed by atoms with Crippen LogP contribution in [0.15, 0.2) is 60.8 Å². The van der Waals surface area contributed by atoms with Crippen molar-refractivity contribution in [2.24, 2.45) is 0 Å². The standard InChI is InChI=1S/C25H27N3O5/c1-31-24(30)13-23(29)18-7-9-21(10-8-18)33-17-22-16-28(11-12-32-22)15-20-14-26-25(27-20)19-5-3-2-4-6-19/h2-10,14,22H,11-13,15-17H2,1H3,(H,26,27). The Morgan fingerprint density at radius 1 is 1.15 bits per heavy atom. The van der Waals surface area contributed by atoms with E-state index in [0.29, 0.717) is 24.5 Å². The number of aromatic nitrogens is 2. The van der Waals surface area contributed by atoms with Crippen LogP contribution in [-0.2, 0) is 20.8 Å². The first-order valence-electron chi connectivity index (χ1n) is 10.9. The predicted octanol–water partition coefficient (Wildman–Crippen LogP) is 3.10. The number of H-pyrrole nitrogens is 1. The Hall–Kier alpha value is -3.49. The molecule has 1 aliphatic heterocycles. The Labute approximate surface area is 192 Å². The lowest BCUT2D eigenvalue weighted by atomic mass is 10.1. The van der Waals surface area contributed by atoms with Gasteiger partial charge in [0.2, 0.25) is 0 Å². The molecule has 2 heterocycles. The normalized spacial score (nSPS) is 16.3. The zero-order valence-corrected chi connectivity index (χ0v) is 18.5. The molecular formula is C25H27N3O5. The van der Waals surface area contributed by atoms with Crippen LogP contribution in [-0.4, -0.2) is 66.1 Å². The molecule has 172 valence electrons. The van der Waals surface area contributed by atoms with Crippen molar-refractivity contribution >= 4 is 11.8 Å². The molecule has 3 aromatic rings. The van der Waals surface area contributed by atoms with Crippen molar-refractivity contribution in [2.75, 3.05) is 33.4 Å². The van der Waals surface area contributed by atoms with E-state index in [2.05, 4.69) is 19.6 Å². The minimum Gasteiger partial charge on any atom is -0.491 e. The lowest BCUT2D eigenvalue weighted by Crippen LogP contribution is -2.44. The van der Waals surface area contributed by atoms with Gasteiger partial charge in [0.25, 0.3) is 0 Å². The summed E-state index contributed by atoms with van der Waals surface area (Å²) in [6, 6.07) is 16.8. The van der Waals surface area contributed by atoms with E-state index in [1.165, 1.54) is 7.11 Å². The number of carbonyl (C=O) groups is 2. The molecule has 0 bridgehead atoms. The number of Topliss-reactive ketones (excluding diaryl/α,β-unsaturated/α-hetero) is 1.